The fourth-order valence-corrected chi connectivity index (χ4v) is 5.08. The van der Waals surface area contributed by atoms with E-state index in [1.807, 2.05) is 18.7 Å². The summed E-state index contributed by atoms with van der Waals surface area (Å²) in [7, 11) is 0. The number of aromatic nitrogens is 3. The maximum Gasteiger partial charge on any atom is 0.422 e. The monoisotopic (exact) mass is 624 g/mol. The topological polar surface area (TPSA) is 75.0 Å². The Balaban J connectivity index is 0.00000423. The van der Waals surface area contributed by atoms with Crippen molar-refractivity contribution >= 4 is 35.3 Å². The normalized spacial score (nSPS) is 15.4. The van der Waals surface area contributed by atoms with Crippen molar-refractivity contribution in [2.24, 2.45) is 0 Å². The number of benzene rings is 1. The predicted molar refractivity (Wildman–Crippen MR) is 154 cm³/mol. The number of pyridine rings is 2. The Bertz CT molecular complexity index is 1580. The third-order valence-electron chi connectivity index (χ3n) is 7.08. The molecule has 1 aliphatic heterocycles. The molecule has 0 saturated carbocycles. The van der Waals surface area contributed by atoms with E-state index in [1.165, 1.54) is 41.1 Å². The van der Waals surface area contributed by atoms with Crippen LogP contribution in [0.3, 0.4) is 0 Å². The first-order chi connectivity index (χ1) is 20.0. The van der Waals surface area contributed by atoms with Crippen LogP contribution in [0.4, 0.5) is 33.3 Å². The van der Waals surface area contributed by atoms with Gasteiger partial charge in [-0.05, 0) is 43.2 Å². The summed E-state index contributed by atoms with van der Waals surface area (Å²) in [6.07, 6.45) is -1.03. The number of rotatable bonds is 8. The third-order valence-corrected chi connectivity index (χ3v) is 7.08. The van der Waals surface area contributed by atoms with Gasteiger partial charge in [0.25, 0.3) is 5.91 Å². The molecule has 1 atom stereocenters. The molecule has 0 radical (unpaired) electrons. The second-order valence-corrected chi connectivity index (χ2v) is 10.0. The van der Waals surface area contributed by atoms with Crippen molar-refractivity contribution in [1.29, 1.82) is 0 Å². The molecule has 4 heterocycles. The molecule has 0 unspecified atom stereocenters. The van der Waals surface area contributed by atoms with Gasteiger partial charge in [-0.3, -0.25) is 9.20 Å². The number of nitrogens with one attached hydrogen (secondary N) is 1. The molecule has 0 bridgehead atoms. The van der Waals surface area contributed by atoms with E-state index in [0.717, 1.165) is 5.69 Å². The molecular formula is C29H30ClF5N6O2. The molecule has 1 saturated heterocycles. The van der Waals surface area contributed by atoms with E-state index < -0.39 is 30.3 Å². The fraction of sp³-hybridized carbons (Fsp3) is 0.345. The number of anilines is 2. The summed E-state index contributed by atoms with van der Waals surface area (Å²) in [4.78, 5) is 25.3. The maximum atomic E-state index is 15.2. The molecule has 1 fully saturated rings. The molecule has 4 aromatic rings. The average molecular weight is 625 g/mol. The van der Waals surface area contributed by atoms with Gasteiger partial charge in [0.2, 0.25) is 5.88 Å². The highest BCUT2D eigenvalue weighted by Gasteiger charge is 2.29. The number of piperazine rings is 1. The molecule has 1 N–H and O–H groups in total. The van der Waals surface area contributed by atoms with E-state index in [4.69, 9.17) is 0 Å². The van der Waals surface area contributed by atoms with Crippen LogP contribution in [0.5, 0.6) is 5.88 Å². The van der Waals surface area contributed by atoms with Gasteiger partial charge in [-0.15, -0.1) is 12.4 Å². The number of carbonyl (C=O) groups is 1. The molecule has 0 aliphatic carbocycles. The van der Waals surface area contributed by atoms with Crippen LogP contribution in [-0.2, 0) is 13.0 Å². The van der Waals surface area contributed by atoms with E-state index in [1.54, 1.807) is 18.2 Å². The number of aryl methyl sites for hydroxylation is 1. The van der Waals surface area contributed by atoms with E-state index >= 15 is 4.39 Å². The number of ether oxygens (including phenoxy) is 1. The van der Waals surface area contributed by atoms with Gasteiger partial charge in [0.15, 0.2) is 6.61 Å². The third kappa shape index (κ3) is 7.27. The summed E-state index contributed by atoms with van der Waals surface area (Å²) in [5.74, 6) is -1.37. The molecule has 0 spiro atoms. The van der Waals surface area contributed by atoms with E-state index in [2.05, 4.69) is 24.9 Å². The lowest BCUT2D eigenvalue weighted by molar-refractivity contribution is -0.154. The summed E-state index contributed by atoms with van der Waals surface area (Å²) >= 11 is 0. The van der Waals surface area contributed by atoms with Crippen molar-refractivity contribution in [3.05, 3.63) is 83.4 Å². The van der Waals surface area contributed by atoms with E-state index in [-0.39, 0.29) is 30.9 Å². The number of carbonyl (C=O) groups excluding carboxylic acids is 1. The summed E-state index contributed by atoms with van der Waals surface area (Å²) in [5.41, 5.74) is 2.93. The number of hydrogen-bond acceptors (Lipinski definition) is 6. The second kappa shape index (κ2) is 13.0. The standard InChI is InChI=1S/C29H29F5N6O2.ClH/c1-3-23-27(40-9-8-20(30)13-25(40)37-23)28(41)36-14-19-4-6-24(22(31)12-19)38-10-11-39(18(2)16-38)21-5-7-26(35-15-21)42-17-29(32,33)34;/h4-9,12-13,15,18H,3,10-11,14,16-17H2,1-2H3,(H,36,41);1H/t18-;/m0./s1. The van der Waals surface area contributed by atoms with E-state index in [0.29, 0.717) is 54.3 Å². The van der Waals surface area contributed by atoms with Crippen LogP contribution in [0.2, 0.25) is 0 Å². The molecule has 1 aliphatic rings. The zero-order chi connectivity index (χ0) is 30.0. The quantitative estimate of drug-likeness (QED) is 0.258. The van der Waals surface area contributed by atoms with E-state index in [9.17, 15) is 22.4 Å². The number of amides is 1. The van der Waals surface area contributed by atoms with Crippen LogP contribution in [0.15, 0.2) is 54.9 Å². The van der Waals surface area contributed by atoms with Crippen molar-refractivity contribution in [3.63, 3.8) is 0 Å². The van der Waals surface area contributed by atoms with Crippen molar-refractivity contribution in [3.8, 4) is 5.88 Å². The molecule has 8 nitrogen and oxygen atoms in total. The van der Waals surface area contributed by atoms with Crippen LogP contribution in [0.25, 0.3) is 5.65 Å². The Morgan fingerprint density at radius 1 is 1.12 bits per heavy atom. The lowest BCUT2D eigenvalue weighted by Gasteiger charge is -2.42. The minimum Gasteiger partial charge on any atom is -0.468 e. The lowest BCUT2D eigenvalue weighted by Crippen LogP contribution is -2.52. The average Bonchev–Trinajstić information content (AvgIpc) is 3.32. The Labute approximate surface area is 250 Å². The Kier molecular flexibility index (Phi) is 9.63. The summed E-state index contributed by atoms with van der Waals surface area (Å²) in [6.45, 7) is 4.08. The van der Waals surface area contributed by atoms with Gasteiger partial charge in [0, 0.05) is 50.6 Å². The number of hydrogen-bond donors (Lipinski definition) is 1. The SMILES string of the molecule is CCc1nc2cc(F)ccn2c1C(=O)NCc1ccc(N2CCN(c3ccc(OCC(F)(F)F)nc3)[C@@H](C)C2)c(F)c1.Cl. The minimum absolute atomic E-state index is 0. The van der Waals surface area contributed by atoms with Gasteiger partial charge in [-0.25, -0.2) is 18.7 Å². The van der Waals surface area contributed by atoms with Gasteiger partial charge in [-0.1, -0.05) is 13.0 Å². The van der Waals surface area contributed by atoms with Crippen LogP contribution >= 0.6 is 12.4 Å². The second-order valence-electron chi connectivity index (χ2n) is 10.0. The van der Waals surface area contributed by atoms with Crippen LogP contribution in [-0.4, -0.2) is 58.7 Å². The van der Waals surface area contributed by atoms with Crippen molar-refractivity contribution in [1.82, 2.24) is 19.7 Å². The zero-order valence-corrected chi connectivity index (χ0v) is 24.2. The van der Waals surface area contributed by atoms with Crippen molar-refractivity contribution in [2.45, 2.75) is 39.0 Å². The summed E-state index contributed by atoms with van der Waals surface area (Å²) in [5, 5.41) is 2.81. The molecule has 3 aromatic heterocycles. The molecule has 5 rings (SSSR count). The predicted octanol–water partition coefficient (Wildman–Crippen LogP) is 5.58. The zero-order valence-electron chi connectivity index (χ0n) is 23.4. The van der Waals surface area contributed by atoms with Gasteiger partial charge in [-0.2, -0.15) is 13.2 Å². The summed E-state index contributed by atoms with van der Waals surface area (Å²) < 4.78 is 72.2. The number of nitrogens with zero attached hydrogens (tertiary/aromatic N) is 5. The smallest absolute Gasteiger partial charge is 0.422 e. The first-order valence-electron chi connectivity index (χ1n) is 13.4. The highest BCUT2D eigenvalue weighted by molar-refractivity contribution is 5.94. The lowest BCUT2D eigenvalue weighted by atomic mass is 10.1. The molecular weight excluding hydrogens is 595 g/mol. The van der Waals surface area contributed by atoms with Gasteiger partial charge in [0.05, 0.1) is 23.3 Å². The number of imidazole rings is 1. The van der Waals surface area contributed by atoms with Crippen LogP contribution in [0, 0.1) is 11.6 Å². The maximum absolute atomic E-state index is 15.2. The molecule has 14 heteroatoms. The molecule has 230 valence electrons. The number of fused-ring (bicyclic) bond motifs is 1. The van der Waals surface area contributed by atoms with Crippen LogP contribution < -0.4 is 19.9 Å². The number of halogens is 6. The Hall–Kier alpha value is -4.13. The molecule has 1 amide bonds. The van der Waals surface area contributed by atoms with Gasteiger partial charge < -0.3 is 19.9 Å². The number of alkyl halides is 3. The highest BCUT2D eigenvalue weighted by atomic mass is 35.5. The first-order valence-corrected chi connectivity index (χ1v) is 13.4. The molecule has 43 heavy (non-hydrogen) atoms. The van der Waals surface area contributed by atoms with Crippen molar-refractivity contribution < 1.29 is 31.5 Å². The Morgan fingerprint density at radius 2 is 1.91 bits per heavy atom. The van der Waals surface area contributed by atoms with Crippen LogP contribution in [0.1, 0.15) is 35.6 Å². The van der Waals surface area contributed by atoms with Crippen molar-refractivity contribution in [2.75, 3.05) is 36.0 Å². The highest BCUT2D eigenvalue weighted by Crippen LogP contribution is 2.27. The largest absolute Gasteiger partial charge is 0.468 e. The van der Waals surface area contributed by atoms with Gasteiger partial charge >= 0.3 is 6.18 Å². The summed E-state index contributed by atoms with van der Waals surface area (Å²) in [6, 6.07) is 10.4. The molecule has 1 aromatic carbocycles. The minimum atomic E-state index is -4.44. The first kappa shape index (κ1) is 31.8. The van der Waals surface area contributed by atoms with Gasteiger partial charge in [0.1, 0.15) is 23.0 Å². The Morgan fingerprint density at radius 3 is 2.56 bits per heavy atom. The fourth-order valence-electron chi connectivity index (χ4n) is 5.08.